The summed E-state index contributed by atoms with van der Waals surface area (Å²) < 4.78 is 4.66. The Morgan fingerprint density at radius 2 is 2.10 bits per heavy atom. The van der Waals surface area contributed by atoms with Gasteiger partial charge in [0.2, 0.25) is 0 Å². The van der Waals surface area contributed by atoms with Gasteiger partial charge in [0.15, 0.2) is 0 Å². The van der Waals surface area contributed by atoms with Gasteiger partial charge >= 0.3 is 5.97 Å². The number of aromatic nitrogens is 1. The maximum atomic E-state index is 11.2. The summed E-state index contributed by atoms with van der Waals surface area (Å²) in [6, 6.07) is 6.04. The molecule has 0 aliphatic rings. The Morgan fingerprint density at radius 1 is 1.30 bits per heavy atom. The molecule has 0 aliphatic heterocycles. The monoisotopic (exact) mass is 290 g/mol. The fourth-order valence-electron chi connectivity index (χ4n) is 1.83. The van der Waals surface area contributed by atoms with Gasteiger partial charge in [-0.1, -0.05) is 0 Å². The number of pyridine rings is 1. The van der Waals surface area contributed by atoms with Gasteiger partial charge in [-0.15, -0.1) is 11.3 Å². The van der Waals surface area contributed by atoms with E-state index in [2.05, 4.69) is 22.0 Å². The van der Waals surface area contributed by atoms with Crippen LogP contribution in [0.4, 0.5) is 0 Å². The van der Waals surface area contributed by atoms with Crippen molar-refractivity contribution in [3.8, 4) is 0 Å². The van der Waals surface area contributed by atoms with Crippen LogP contribution in [-0.2, 0) is 29.0 Å². The lowest BCUT2D eigenvalue weighted by Crippen LogP contribution is -2.12. The van der Waals surface area contributed by atoms with Crippen molar-refractivity contribution in [2.45, 2.75) is 26.4 Å². The number of thiophene rings is 1. The van der Waals surface area contributed by atoms with Crippen molar-refractivity contribution in [2.75, 3.05) is 7.11 Å². The SMILES string of the molecule is COC(=O)Cc1ccc(CNCc2cnccc2C)s1. The van der Waals surface area contributed by atoms with Crippen LogP contribution in [0.5, 0.6) is 0 Å². The molecule has 0 radical (unpaired) electrons. The fourth-order valence-corrected chi connectivity index (χ4v) is 2.80. The molecule has 0 spiro atoms. The third kappa shape index (κ3) is 4.15. The van der Waals surface area contributed by atoms with E-state index >= 15 is 0 Å². The van der Waals surface area contributed by atoms with E-state index in [4.69, 9.17) is 0 Å². The summed E-state index contributed by atoms with van der Waals surface area (Å²) in [6.45, 7) is 3.67. The first-order valence-corrected chi connectivity index (χ1v) is 7.25. The van der Waals surface area contributed by atoms with Crippen LogP contribution in [0.15, 0.2) is 30.6 Å². The molecule has 4 nitrogen and oxygen atoms in total. The van der Waals surface area contributed by atoms with Gasteiger partial charge in [0.1, 0.15) is 0 Å². The molecule has 0 aromatic carbocycles. The minimum atomic E-state index is -0.197. The van der Waals surface area contributed by atoms with Gasteiger partial charge < -0.3 is 10.1 Å². The summed E-state index contributed by atoms with van der Waals surface area (Å²) in [6.07, 6.45) is 4.04. The highest BCUT2D eigenvalue weighted by molar-refractivity contribution is 7.12. The highest BCUT2D eigenvalue weighted by Gasteiger charge is 2.06. The van der Waals surface area contributed by atoms with E-state index in [0.717, 1.165) is 18.0 Å². The molecule has 2 rings (SSSR count). The zero-order valence-electron chi connectivity index (χ0n) is 11.7. The Kier molecular flexibility index (Phi) is 5.26. The molecule has 0 saturated carbocycles. The predicted octanol–water partition coefficient (Wildman–Crippen LogP) is 2.46. The fraction of sp³-hybridized carbons (Fsp3) is 0.333. The molecule has 5 heteroatoms. The summed E-state index contributed by atoms with van der Waals surface area (Å²) in [4.78, 5) is 17.6. The number of rotatable bonds is 6. The summed E-state index contributed by atoms with van der Waals surface area (Å²) in [7, 11) is 1.41. The second-order valence-electron chi connectivity index (χ2n) is 4.53. The van der Waals surface area contributed by atoms with Crippen LogP contribution >= 0.6 is 11.3 Å². The molecule has 0 bridgehead atoms. The van der Waals surface area contributed by atoms with E-state index in [0.29, 0.717) is 6.42 Å². The van der Waals surface area contributed by atoms with Crippen molar-refractivity contribution in [3.05, 3.63) is 51.5 Å². The molecule has 2 aromatic heterocycles. The molecule has 20 heavy (non-hydrogen) atoms. The highest BCUT2D eigenvalue weighted by atomic mass is 32.1. The Labute approximate surface area is 122 Å². The van der Waals surface area contributed by atoms with Crippen molar-refractivity contribution < 1.29 is 9.53 Å². The smallest absolute Gasteiger partial charge is 0.310 e. The van der Waals surface area contributed by atoms with E-state index < -0.39 is 0 Å². The predicted molar refractivity (Wildman–Crippen MR) is 79.6 cm³/mol. The summed E-state index contributed by atoms with van der Waals surface area (Å²) in [5, 5.41) is 3.39. The standard InChI is InChI=1S/C15H18N2O2S/c1-11-5-6-16-8-12(11)9-17-10-14-4-3-13(20-14)7-15(18)19-2/h3-6,8,17H,7,9-10H2,1-2H3. The van der Waals surface area contributed by atoms with Gasteiger partial charge in [-0.3, -0.25) is 9.78 Å². The Morgan fingerprint density at radius 3 is 2.85 bits per heavy atom. The average molecular weight is 290 g/mol. The Bertz CT molecular complexity index is 581. The summed E-state index contributed by atoms with van der Waals surface area (Å²) in [5.74, 6) is -0.197. The van der Waals surface area contributed by atoms with E-state index in [1.165, 1.54) is 23.1 Å². The third-order valence-corrected chi connectivity index (χ3v) is 4.11. The van der Waals surface area contributed by atoms with Gasteiger partial charge in [0, 0.05) is 35.2 Å². The van der Waals surface area contributed by atoms with Crippen LogP contribution in [0.25, 0.3) is 0 Å². The Balaban J connectivity index is 1.83. The van der Waals surface area contributed by atoms with Crippen molar-refractivity contribution in [1.82, 2.24) is 10.3 Å². The zero-order chi connectivity index (χ0) is 14.4. The number of nitrogens with one attached hydrogen (secondary N) is 1. The van der Waals surface area contributed by atoms with Crippen LogP contribution in [0.3, 0.4) is 0 Å². The van der Waals surface area contributed by atoms with E-state index in [9.17, 15) is 4.79 Å². The van der Waals surface area contributed by atoms with E-state index in [-0.39, 0.29) is 5.97 Å². The van der Waals surface area contributed by atoms with Crippen molar-refractivity contribution >= 4 is 17.3 Å². The number of carbonyl (C=O) groups excluding carboxylic acids is 1. The number of aryl methyl sites for hydroxylation is 1. The van der Waals surface area contributed by atoms with Crippen LogP contribution in [-0.4, -0.2) is 18.1 Å². The van der Waals surface area contributed by atoms with Gasteiger partial charge in [-0.05, 0) is 36.2 Å². The van der Waals surface area contributed by atoms with Crippen LogP contribution < -0.4 is 5.32 Å². The molecule has 2 heterocycles. The molecule has 0 saturated heterocycles. The number of nitrogens with zero attached hydrogens (tertiary/aromatic N) is 1. The van der Waals surface area contributed by atoms with Crippen LogP contribution in [0, 0.1) is 6.92 Å². The quantitative estimate of drug-likeness (QED) is 0.830. The highest BCUT2D eigenvalue weighted by Crippen LogP contribution is 2.17. The van der Waals surface area contributed by atoms with Gasteiger partial charge in [0.05, 0.1) is 13.5 Å². The van der Waals surface area contributed by atoms with E-state index in [1.807, 2.05) is 24.4 Å². The zero-order valence-corrected chi connectivity index (χ0v) is 12.5. The first kappa shape index (κ1) is 14.7. The Hall–Kier alpha value is -1.72. The minimum absolute atomic E-state index is 0.197. The normalized spacial score (nSPS) is 10.5. The van der Waals surface area contributed by atoms with Gasteiger partial charge in [-0.2, -0.15) is 0 Å². The second-order valence-corrected chi connectivity index (χ2v) is 5.78. The molecule has 1 N–H and O–H groups in total. The second kappa shape index (κ2) is 7.17. The maximum absolute atomic E-state index is 11.2. The summed E-state index contributed by atoms with van der Waals surface area (Å²) in [5.41, 5.74) is 2.45. The maximum Gasteiger partial charge on any atom is 0.310 e. The lowest BCUT2D eigenvalue weighted by atomic mass is 10.1. The van der Waals surface area contributed by atoms with Crippen LogP contribution in [0.1, 0.15) is 20.9 Å². The van der Waals surface area contributed by atoms with Crippen molar-refractivity contribution in [2.24, 2.45) is 0 Å². The third-order valence-electron chi connectivity index (χ3n) is 3.03. The van der Waals surface area contributed by atoms with Gasteiger partial charge in [-0.25, -0.2) is 0 Å². The molecule has 0 atom stereocenters. The molecule has 0 aliphatic carbocycles. The molecule has 2 aromatic rings. The number of ether oxygens (including phenoxy) is 1. The molecule has 0 unspecified atom stereocenters. The van der Waals surface area contributed by atoms with E-state index in [1.54, 1.807) is 17.5 Å². The molecule has 106 valence electrons. The molecular weight excluding hydrogens is 272 g/mol. The van der Waals surface area contributed by atoms with Crippen molar-refractivity contribution in [1.29, 1.82) is 0 Å². The average Bonchev–Trinajstić information content (AvgIpc) is 2.88. The number of carbonyl (C=O) groups is 1. The molecule has 0 amide bonds. The van der Waals surface area contributed by atoms with Crippen molar-refractivity contribution in [3.63, 3.8) is 0 Å². The molecular formula is C15H18N2O2S. The lowest BCUT2D eigenvalue weighted by molar-refractivity contribution is -0.139. The minimum Gasteiger partial charge on any atom is -0.469 e. The number of esters is 1. The van der Waals surface area contributed by atoms with Crippen LogP contribution in [0.2, 0.25) is 0 Å². The summed E-state index contributed by atoms with van der Waals surface area (Å²) >= 11 is 1.64. The molecule has 0 fully saturated rings. The lowest BCUT2D eigenvalue weighted by Gasteiger charge is -2.05. The van der Waals surface area contributed by atoms with Gasteiger partial charge in [0.25, 0.3) is 0 Å². The number of hydrogen-bond donors (Lipinski definition) is 1. The number of hydrogen-bond acceptors (Lipinski definition) is 5. The topological polar surface area (TPSA) is 51.2 Å². The first-order valence-electron chi connectivity index (χ1n) is 6.43. The largest absolute Gasteiger partial charge is 0.469 e. The number of methoxy groups -OCH3 is 1. The first-order chi connectivity index (χ1) is 9.69.